The predicted molar refractivity (Wildman–Crippen MR) is 87.9 cm³/mol. The number of rotatable bonds is 4. The predicted octanol–water partition coefficient (Wildman–Crippen LogP) is 3.67. The summed E-state index contributed by atoms with van der Waals surface area (Å²) in [5.41, 5.74) is 3.81. The largest absolute Gasteiger partial charge is 0.403 e. The molecule has 0 radical (unpaired) electrons. The maximum absolute atomic E-state index is 12.9. The summed E-state index contributed by atoms with van der Waals surface area (Å²) in [7, 11) is 0. The SMILES string of the molecule is Cc1ccc(CC(=O)Nc2nnc(-c3ccc(F)cc3)o2)cc1C. The molecule has 2 aromatic carbocycles. The first-order valence-corrected chi connectivity index (χ1v) is 7.47. The van der Waals surface area contributed by atoms with E-state index in [1.807, 2.05) is 32.0 Å². The lowest BCUT2D eigenvalue weighted by atomic mass is 10.0. The molecule has 0 spiro atoms. The first kappa shape index (κ1) is 15.9. The molecule has 1 N–H and O–H groups in total. The molecule has 0 bridgehead atoms. The highest BCUT2D eigenvalue weighted by Crippen LogP contribution is 2.20. The summed E-state index contributed by atoms with van der Waals surface area (Å²) < 4.78 is 18.3. The van der Waals surface area contributed by atoms with Gasteiger partial charge in [-0.25, -0.2) is 4.39 Å². The third-order valence-electron chi connectivity index (χ3n) is 3.70. The van der Waals surface area contributed by atoms with Crippen molar-refractivity contribution in [3.63, 3.8) is 0 Å². The van der Waals surface area contributed by atoms with Gasteiger partial charge in [0.1, 0.15) is 5.82 Å². The van der Waals surface area contributed by atoms with Gasteiger partial charge in [0, 0.05) is 5.56 Å². The summed E-state index contributed by atoms with van der Waals surface area (Å²) >= 11 is 0. The maximum Gasteiger partial charge on any atom is 0.322 e. The van der Waals surface area contributed by atoms with Crippen molar-refractivity contribution in [3.05, 3.63) is 65.0 Å². The van der Waals surface area contributed by atoms with Crippen LogP contribution in [0.3, 0.4) is 0 Å². The molecule has 1 amide bonds. The highest BCUT2D eigenvalue weighted by Gasteiger charge is 2.12. The van der Waals surface area contributed by atoms with Crippen LogP contribution < -0.4 is 5.32 Å². The van der Waals surface area contributed by atoms with E-state index in [2.05, 4.69) is 15.5 Å². The van der Waals surface area contributed by atoms with Gasteiger partial charge in [-0.15, -0.1) is 5.10 Å². The van der Waals surface area contributed by atoms with E-state index in [4.69, 9.17) is 4.42 Å². The summed E-state index contributed by atoms with van der Waals surface area (Å²) in [4.78, 5) is 12.1. The molecule has 1 aromatic heterocycles. The molecule has 122 valence electrons. The third-order valence-corrected chi connectivity index (χ3v) is 3.70. The number of aryl methyl sites for hydroxylation is 2. The molecule has 5 nitrogen and oxygen atoms in total. The Morgan fingerprint density at radius 1 is 1.08 bits per heavy atom. The second kappa shape index (κ2) is 6.62. The van der Waals surface area contributed by atoms with Crippen LogP contribution in [0.5, 0.6) is 0 Å². The van der Waals surface area contributed by atoms with Crippen LogP contribution in [0.2, 0.25) is 0 Å². The van der Waals surface area contributed by atoms with Crippen LogP contribution in [0, 0.1) is 19.7 Å². The molecule has 6 heteroatoms. The molecule has 0 saturated heterocycles. The van der Waals surface area contributed by atoms with E-state index in [0.717, 1.165) is 11.1 Å². The Bertz CT molecular complexity index is 872. The van der Waals surface area contributed by atoms with E-state index in [-0.39, 0.29) is 30.1 Å². The van der Waals surface area contributed by atoms with Crippen molar-refractivity contribution in [2.75, 3.05) is 5.32 Å². The lowest BCUT2D eigenvalue weighted by molar-refractivity contribution is -0.115. The molecule has 0 aliphatic heterocycles. The number of benzene rings is 2. The maximum atomic E-state index is 12.9. The molecule has 0 aliphatic carbocycles. The number of hydrogen-bond acceptors (Lipinski definition) is 4. The normalized spacial score (nSPS) is 10.6. The van der Waals surface area contributed by atoms with E-state index in [0.29, 0.717) is 5.56 Å². The number of amides is 1. The number of aromatic nitrogens is 2. The smallest absolute Gasteiger partial charge is 0.322 e. The number of carbonyl (C=O) groups is 1. The second-order valence-electron chi connectivity index (χ2n) is 5.56. The summed E-state index contributed by atoms with van der Waals surface area (Å²) in [6.45, 7) is 4.03. The van der Waals surface area contributed by atoms with Crippen LogP contribution >= 0.6 is 0 Å². The molecule has 0 unspecified atom stereocenters. The Hall–Kier alpha value is -3.02. The van der Waals surface area contributed by atoms with Gasteiger partial charge in [0.05, 0.1) is 6.42 Å². The van der Waals surface area contributed by atoms with Gasteiger partial charge in [0.25, 0.3) is 0 Å². The fourth-order valence-electron chi connectivity index (χ4n) is 2.25. The standard InChI is InChI=1S/C18H16FN3O2/c1-11-3-4-13(9-12(11)2)10-16(23)20-18-22-21-17(24-18)14-5-7-15(19)8-6-14/h3-9H,10H2,1-2H3,(H,20,22,23). The zero-order chi connectivity index (χ0) is 17.1. The Morgan fingerprint density at radius 2 is 1.83 bits per heavy atom. The van der Waals surface area contributed by atoms with Gasteiger partial charge in [-0.2, -0.15) is 0 Å². The van der Waals surface area contributed by atoms with Crippen LogP contribution in [0.1, 0.15) is 16.7 Å². The zero-order valence-electron chi connectivity index (χ0n) is 13.3. The van der Waals surface area contributed by atoms with E-state index < -0.39 is 0 Å². The number of carbonyl (C=O) groups excluding carboxylic acids is 1. The van der Waals surface area contributed by atoms with Gasteiger partial charge >= 0.3 is 6.01 Å². The average molecular weight is 325 g/mol. The number of hydrogen-bond donors (Lipinski definition) is 1. The number of nitrogens with one attached hydrogen (secondary N) is 1. The monoisotopic (exact) mass is 325 g/mol. The summed E-state index contributed by atoms with van der Waals surface area (Å²) in [5, 5.41) is 10.2. The van der Waals surface area contributed by atoms with Crippen molar-refractivity contribution in [1.29, 1.82) is 0 Å². The second-order valence-corrected chi connectivity index (χ2v) is 5.56. The van der Waals surface area contributed by atoms with E-state index >= 15 is 0 Å². The van der Waals surface area contributed by atoms with Crippen molar-refractivity contribution in [3.8, 4) is 11.5 Å². The first-order chi connectivity index (χ1) is 11.5. The van der Waals surface area contributed by atoms with Gasteiger partial charge < -0.3 is 4.42 Å². The number of halogens is 1. The molecular formula is C18H16FN3O2. The quantitative estimate of drug-likeness (QED) is 0.794. The van der Waals surface area contributed by atoms with Gasteiger partial charge in [-0.05, 0) is 54.8 Å². The number of anilines is 1. The third kappa shape index (κ3) is 3.65. The van der Waals surface area contributed by atoms with Crippen LogP contribution in [0.25, 0.3) is 11.5 Å². The van der Waals surface area contributed by atoms with Crippen molar-refractivity contribution >= 4 is 11.9 Å². The molecule has 24 heavy (non-hydrogen) atoms. The van der Waals surface area contributed by atoms with Gasteiger partial charge in [-0.3, -0.25) is 10.1 Å². The van der Waals surface area contributed by atoms with Gasteiger partial charge in [-0.1, -0.05) is 23.3 Å². The summed E-state index contributed by atoms with van der Waals surface area (Å²) in [6, 6.07) is 11.6. The van der Waals surface area contributed by atoms with Gasteiger partial charge in [0.15, 0.2) is 0 Å². The van der Waals surface area contributed by atoms with Crippen molar-refractivity contribution < 1.29 is 13.6 Å². The lowest BCUT2D eigenvalue weighted by Crippen LogP contribution is -2.14. The van der Waals surface area contributed by atoms with Crippen LogP contribution in [0.15, 0.2) is 46.9 Å². The van der Waals surface area contributed by atoms with Crippen molar-refractivity contribution in [2.45, 2.75) is 20.3 Å². The average Bonchev–Trinajstić information content (AvgIpc) is 3.00. The minimum Gasteiger partial charge on any atom is -0.403 e. The molecule has 0 fully saturated rings. The van der Waals surface area contributed by atoms with Crippen molar-refractivity contribution in [1.82, 2.24) is 10.2 Å². The topological polar surface area (TPSA) is 68.0 Å². The van der Waals surface area contributed by atoms with Gasteiger partial charge in [0.2, 0.25) is 11.8 Å². The summed E-state index contributed by atoms with van der Waals surface area (Å²) in [6.07, 6.45) is 0.218. The fraction of sp³-hybridized carbons (Fsp3) is 0.167. The van der Waals surface area contributed by atoms with Crippen LogP contribution in [-0.4, -0.2) is 16.1 Å². The van der Waals surface area contributed by atoms with Crippen LogP contribution in [0.4, 0.5) is 10.4 Å². The molecular weight excluding hydrogens is 309 g/mol. The van der Waals surface area contributed by atoms with E-state index in [1.54, 1.807) is 0 Å². The molecule has 3 rings (SSSR count). The van der Waals surface area contributed by atoms with E-state index in [9.17, 15) is 9.18 Å². The zero-order valence-corrected chi connectivity index (χ0v) is 13.3. The molecule has 3 aromatic rings. The lowest BCUT2D eigenvalue weighted by Gasteiger charge is -2.04. The molecule has 0 saturated carbocycles. The molecule has 0 aliphatic rings. The van der Waals surface area contributed by atoms with Crippen molar-refractivity contribution in [2.24, 2.45) is 0 Å². The fourth-order valence-corrected chi connectivity index (χ4v) is 2.25. The van der Waals surface area contributed by atoms with Crippen LogP contribution in [-0.2, 0) is 11.2 Å². The Kier molecular flexibility index (Phi) is 4.37. The Balaban J connectivity index is 1.66. The van der Waals surface area contributed by atoms with E-state index in [1.165, 1.54) is 29.8 Å². The summed E-state index contributed by atoms with van der Waals surface area (Å²) in [5.74, 6) is -0.371. The Morgan fingerprint density at radius 3 is 2.54 bits per heavy atom. The number of nitrogens with zero attached hydrogens (tertiary/aromatic N) is 2. The highest BCUT2D eigenvalue weighted by molar-refractivity contribution is 5.90. The highest BCUT2D eigenvalue weighted by atomic mass is 19.1. The Labute approximate surface area is 138 Å². The minimum atomic E-state index is -0.347. The molecule has 1 heterocycles. The first-order valence-electron chi connectivity index (χ1n) is 7.47. The molecule has 0 atom stereocenters. The minimum absolute atomic E-state index is 0.0168.